The molecule has 1 aromatic heterocycles. The molecule has 0 saturated carbocycles. The van der Waals surface area contributed by atoms with E-state index in [-0.39, 0.29) is 29.7 Å². The molecule has 9 heteroatoms. The average molecular weight is 422 g/mol. The minimum absolute atomic E-state index is 0.0774. The molecule has 0 radical (unpaired) electrons. The second-order valence-electron chi connectivity index (χ2n) is 9.16. The highest BCUT2D eigenvalue weighted by atomic mass is 16.2. The maximum absolute atomic E-state index is 13.3. The molecule has 2 N–H and O–H groups in total. The van der Waals surface area contributed by atoms with Crippen LogP contribution in [0.5, 0.6) is 0 Å². The number of hydrogen-bond acceptors (Lipinski definition) is 6. The van der Waals surface area contributed by atoms with Crippen LogP contribution < -0.4 is 15.5 Å². The third-order valence-electron chi connectivity index (χ3n) is 6.07. The molecule has 1 aromatic carbocycles. The van der Waals surface area contributed by atoms with Crippen LogP contribution in [-0.2, 0) is 21.5 Å². The molecule has 2 aliphatic rings. The Morgan fingerprint density at radius 2 is 1.87 bits per heavy atom. The second kappa shape index (κ2) is 6.76. The molecule has 3 heterocycles. The highest BCUT2D eigenvalue weighted by Gasteiger charge is 2.52. The van der Waals surface area contributed by atoms with Crippen molar-refractivity contribution in [1.29, 1.82) is 0 Å². The largest absolute Gasteiger partial charge is 0.368 e. The van der Waals surface area contributed by atoms with E-state index >= 15 is 0 Å². The van der Waals surface area contributed by atoms with Gasteiger partial charge in [-0.25, -0.2) is 19.7 Å². The molecule has 4 amide bonds. The van der Waals surface area contributed by atoms with E-state index in [1.165, 1.54) is 22.9 Å². The van der Waals surface area contributed by atoms with Gasteiger partial charge in [0.25, 0.3) is 5.91 Å². The molecule has 0 spiro atoms. The van der Waals surface area contributed by atoms with Gasteiger partial charge in [0.15, 0.2) is 0 Å². The molecule has 4 rings (SSSR count). The lowest BCUT2D eigenvalue weighted by Crippen LogP contribution is -2.43. The minimum atomic E-state index is -1.07. The molecule has 2 aromatic rings. The van der Waals surface area contributed by atoms with Gasteiger partial charge < -0.3 is 15.5 Å². The predicted octanol–water partition coefficient (Wildman–Crippen LogP) is 2.45. The van der Waals surface area contributed by atoms with Gasteiger partial charge in [-0.2, -0.15) is 0 Å². The maximum Gasteiger partial charge on any atom is 0.332 e. The van der Waals surface area contributed by atoms with Crippen molar-refractivity contribution < 1.29 is 14.4 Å². The predicted molar refractivity (Wildman–Crippen MR) is 116 cm³/mol. The van der Waals surface area contributed by atoms with Crippen molar-refractivity contribution >= 4 is 35.2 Å². The van der Waals surface area contributed by atoms with Crippen LogP contribution in [0.25, 0.3) is 0 Å². The van der Waals surface area contributed by atoms with Crippen LogP contribution in [0.3, 0.4) is 0 Å². The van der Waals surface area contributed by atoms with Crippen LogP contribution in [-0.4, -0.2) is 44.8 Å². The van der Waals surface area contributed by atoms with E-state index < -0.39 is 11.6 Å². The Labute approximate surface area is 180 Å². The highest BCUT2D eigenvalue weighted by molar-refractivity contribution is 6.23. The number of nitrogens with zero attached hydrogens (tertiary/aromatic N) is 5. The van der Waals surface area contributed by atoms with E-state index in [1.54, 1.807) is 36.9 Å². The third-order valence-corrected chi connectivity index (χ3v) is 6.07. The fourth-order valence-electron chi connectivity index (χ4n) is 4.29. The number of urea groups is 1. The summed E-state index contributed by atoms with van der Waals surface area (Å²) in [5.41, 5.74) is 7.10. The number of carbonyl (C=O) groups is 3. The molecule has 1 saturated heterocycles. The summed E-state index contributed by atoms with van der Waals surface area (Å²) < 4.78 is 0. The first-order chi connectivity index (χ1) is 14.4. The van der Waals surface area contributed by atoms with E-state index in [9.17, 15) is 14.4 Å². The van der Waals surface area contributed by atoms with Crippen molar-refractivity contribution in [1.82, 2.24) is 14.9 Å². The van der Waals surface area contributed by atoms with Crippen molar-refractivity contribution in [3.05, 3.63) is 41.7 Å². The van der Waals surface area contributed by atoms with Gasteiger partial charge in [-0.15, -0.1) is 0 Å². The van der Waals surface area contributed by atoms with Gasteiger partial charge in [0, 0.05) is 30.8 Å². The van der Waals surface area contributed by atoms with Crippen molar-refractivity contribution in [2.75, 3.05) is 22.1 Å². The standard InChI is InChI=1S/C22H26N6O3/c1-13(29)26-12-21(2,3)16-7-6-15(10-17(16)26)28-18(30)22(4,5)27(20(28)31)11-14-8-9-24-19(23)25-14/h6-10H,11-12H2,1-5H3,(H2,23,24,25). The van der Waals surface area contributed by atoms with E-state index in [0.717, 1.165) is 11.3 Å². The number of hydrogen-bond donors (Lipinski definition) is 1. The summed E-state index contributed by atoms with van der Waals surface area (Å²) >= 11 is 0. The SMILES string of the molecule is CC(=O)N1CC(C)(C)c2ccc(N3C(=O)N(Cc4ccnc(N)n4)C(C)(C)C3=O)cc21. The summed E-state index contributed by atoms with van der Waals surface area (Å²) in [5.74, 6) is -0.312. The molecular weight excluding hydrogens is 396 g/mol. The molecule has 2 aliphatic heterocycles. The van der Waals surface area contributed by atoms with Crippen molar-refractivity contribution in [2.45, 2.75) is 52.1 Å². The monoisotopic (exact) mass is 422 g/mol. The molecule has 0 atom stereocenters. The number of amides is 4. The summed E-state index contributed by atoms with van der Waals surface area (Å²) in [4.78, 5) is 51.2. The summed E-state index contributed by atoms with van der Waals surface area (Å²) in [7, 11) is 0. The molecule has 31 heavy (non-hydrogen) atoms. The van der Waals surface area contributed by atoms with Crippen molar-refractivity contribution in [3.8, 4) is 0 Å². The number of imide groups is 1. The second-order valence-corrected chi connectivity index (χ2v) is 9.16. The van der Waals surface area contributed by atoms with E-state index in [1.807, 2.05) is 6.07 Å². The van der Waals surface area contributed by atoms with Gasteiger partial charge in [0.1, 0.15) is 5.54 Å². The molecule has 0 unspecified atom stereocenters. The quantitative estimate of drug-likeness (QED) is 0.760. The lowest BCUT2D eigenvalue weighted by molar-refractivity contribution is -0.123. The molecule has 162 valence electrons. The van der Waals surface area contributed by atoms with Crippen molar-refractivity contribution in [3.63, 3.8) is 0 Å². The maximum atomic E-state index is 13.3. The van der Waals surface area contributed by atoms with Gasteiger partial charge in [-0.3, -0.25) is 9.59 Å². The van der Waals surface area contributed by atoms with Crippen LogP contribution in [0.2, 0.25) is 0 Å². The number of nitrogens with two attached hydrogens (primary N) is 1. The topological polar surface area (TPSA) is 113 Å². The lowest BCUT2D eigenvalue weighted by Gasteiger charge is -2.27. The molecule has 0 bridgehead atoms. The fraction of sp³-hybridized carbons (Fsp3) is 0.409. The first kappa shape index (κ1) is 20.8. The molecular formula is C22H26N6O3. The number of aromatic nitrogens is 2. The summed E-state index contributed by atoms with van der Waals surface area (Å²) in [6.45, 7) is 9.74. The van der Waals surface area contributed by atoms with Crippen LogP contribution in [0.1, 0.15) is 45.9 Å². The number of carbonyl (C=O) groups excluding carboxylic acids is 3. The Kier molecular flexibility index (Phi) is 4.53. The van der Waals surface area contributed by atoms with Gasteiger partial charge in [0.05, 0.1) is 17.9 Å². The first-order valence-electron chi connectivity index (χ1n) is 10.1. The zero-order valence-electron chi connectivity index (χ0n) is 18.3. The third kappa shape index (κ3) is 3.20. The smallest absolute Gasteiger partial charge is 0.332 e. The molecule has 0 aliphatic carbocycles. The zero-order chi connectivity index (χ0) is 22.7. The number of nitrogen functional groups attached to an aromatic ring is 1. The molecule has 9 nitrogen and oxygen atoms in total. The van der Waals surface area contributed by atoms with Crippen molar-refractivity contribution in [2.24, 2.45) is 0 Å². The summed E-state index contributed by atoms with van der Waals surface area (Å²) in [6, 6.07) is 6.63. The normalized spacial score (nSPS) is 19.2. The zero-order valence-corrected chi connectivity index (χ0v) is 18.3. The Morgan fingerprint density at radius 1 is 1.16 bits per heavy atom. The number of benzene rings is 1. The van der Waals surface area contributed by atoms with Crippen LogP contribution in [0.4, 0.5) is 22.1 Å². The Balaban J connectivity index is 1.72. The Hall–Kier alpha value is -3.49. The van der Waals surface area contributed by atoms with Gasteiger partial charge in [-0.05, 0) is 37.6 Å². The number of rotatable bonds is 3. The minimum Gasteiger partial charge on any atom is -0.368 e. The fourth-order valence-corrected chi connectivity index (χ4v) is 4.29. The number of fused-ring (bicyclic) bond motifs is 1. The lowest BCUT2D eigenvalue weighted by atomic mass is 9.87. The number of anilines is 3. The summed E-state index contributed by atoms with van der Waals surface area (Å²) in [6.07, 6.45) is 1.52. The average Bonchev–Trinajstić information content (AvgIpc) is 3.05. The Bertz CT molecular complexity index is 1110. The van der Waals surface area contributed by atoms with Crippen LogP contribution in [0.15, 0.2) is 30.5 Å². The summed E-state index contributed by atoms with van der Waals surface area (Å²) in [5, 5.41) is 0. The van der Waals surface area contributed by atoms with Gasteiger partial charge in [0.2, 0.25) is 11.9 Å². The highest BCUT2D eigenvalue weighted by Crippen LogP contribution is 2.43. The Morgan fingerprint density at radius 3 is 2.52 bits per heavy atom. The van der Waals surface area contributed by atoms with E-state index in [4.69, 9.17) is 5.73 Å². The first-order valence-corrected chi connectivity index (χ1v) is 10.1. The van der Waals surface area contributed by atoms with E-state index in [2.05, 4.69) is 23.8 Å². The van der Waals surface area contributed by atoms with Crippen LogP contribution in [0, 0.1) is 0 Å². The van der Waals surface area contributed by atoms with Gasteiger partial charge in [-0.1, -0.05) is 19.9 Å². The van der Waals surface area contributed by atoms with Gasteiger partial charge >= 0.3 is 6.03 Å². The van der Waals surface area contributed by atoms with Crippen LogP contribution >= 0.6 is 0 Å². The molecule has 1 fully saturated rings. The van der Waals surface area contributed by atoms with E-state index in [0.29, 0.717) is 17.9 Å².